The molecule has 122 valence electrons. The fourth-order valence-electron chi connectivity index (χ4n) is 2.03. The third kappa shape index (κ3) is 5.46. The lowest BCUT2D eigenvalue weighted by Crippen LogP contribution is -2.25. The molecule has 0 heterocycles. The molecular weight excluding hydrogens is 288 g/mol. The van der Waals surface area contributed by atoms with Crippen LogP contribution in [0.2, 0.25) is 0 Å². The maximum atomic E-state index is 12.0. The summed E-state index contributed by atoms with van der Waals surface area (Å²) in [6.07, 6.45) is -0.201. The number of hydrogen-bond acceptors (Lipinski definition) is 5. The third-order valence-electron chi connectivity index (χ3n) is 3.44. The number of ether oxygens (including phenoxy) is 1. The zero-order valence-corrected chi connectivity index (χ0v) is 12.7. The molecule has 0 spiro atoms. The lowest BCUT2D eigenvalue weighted by atomic mass is 9.97. The highest BCUT2D eigenvalue weighted by Crippen LogP contribution is 2.16. The second kappa shape index (κ2) is 8.51. The molecule has 3 unspecified atom stereocenters. The largest absolute Gasteiger partial charge is 0.478 e. The van der Waals surface area contributed by atoms with E-state index in [2.05, 4.69) is 0 Å². The van der Waals surface area contributed by atoms with Crippen molar-refractivity contribution in [3.8, 4) is 0 Å². The van der Waals surface area contributed by atoms with E-state index in [0.29, 0.717) is 12.8 Å². The molecule has 0 fully saturated rings. The highest BCUT2D eigenvalue weighted by molar-refractivity contribution is 6.02. The van der Waals surface area contributed by atoms with Crippen LogP contribution in [0.1, 0.15) is 47.4 Å². The van der Waals surface area contributed by atoms with Gasteiger partial charge in [-0.2, -0.15) is 0 Å². The van der Waals surface area contributed by atoms with Crippen LogP contribution in [0.25, 0.3) is 0 Å². The second-order valence-electron chi connectivity index (χ2n) is 5.38. The number of aliphatic hydroxyl groups is 2. The molecule has 0 radical (unpaired) electrons. The van der Waals surface area contributed by atoms with E-state index < -0.39 is 24.1 Å². The lowest BCUT2D eigenvalue weighted by molar-refractivity contribution is 0.0214. The van der Waals surface area contributed by atoms with Crippen LogP contribution in [0, 0.1) is 5.92 Å². The predicted molar refractivity (Wildman–Crippen MR) is 79.8 cm³/mol. The summed E-state index contributed by atoms with van der Waals surface area (Å²) in [6, 6.07) is 5.81. The quantitative estimate of drug-likeness (QED) is 0.631. The Bertz CT molecular complexity index is 509. The molecule has 0 aliphatic rings. The van der Waals surface area contributed by atoms with Gasteiger partial charge in [0.25, 0.3) is 0 Å². The minimum Gasteiger partial charge on any atom is -0.478 e. The molecule has 6 nitrogen and oxygen atoms in total. The number of benzene rings is 1. The summed E-state index contributed by atoms with van der Waals surface area (Å²) in [5.41, 5.74) is -0.139. The number of carbonyl (C=O) groups is 2. The first kappa shape index (κ1) is 18.1. The van der Waals surface area contributed by atoms with E-state index in [-0.39, 0.29) is 23.7 Å². The van der Waals surface area contributed by atoms with Gasteiger partial charge < -0.3 is 20.1 Å². The molecule has 1 aromatic rings. The minimum absolute atomic E-state index is 0.0186. The number of esters is 1. The van der Waals surface area contributed by atoms with Gasteiger partial charge in [0.15, 0.2) is 0 Å². The molecule has 0 amide bonds. The Kier molecular flexibility index (Phi) is 7.01. The Balaban J connectivity index is 2.69. The Morgan fingerprint density at radius 1 is 1.09 bits per heavy atom. The number of carboxylic acids is 1. The van der Waals surface area contributed by atoms with Crippen molar-refractivity contribution in [2.45, 2.75) is 38.9 Å². The zero-order chi connectivity index (χ0) is 16.7. The zero-order valence-electron chi connectivity index (χ0n) is 12.7. The standard InChI is InChI=1S/C16H22O6/c1-10(17)7-8-12(11(2)18)9-22-16(21)14-6-4-3-5-13(14)15(19)20/h3-6,10-12,17-18H,7-9H2,1-2H3,(H,19,20). The van der Waals surface area contributed by atoms with Crippen molar-refractivity contribution in [2.75, 3.05) is 6.61 Å². The van der Waals surface area contributed by atoms with Gasteiger partial charge in [-0.05, 0) is 38.8 Å². The SMILES string of the molecule is CC(O)CCC(COC(=O)c1ccccc1C(=O)O)C(C)O. The van der Waals surface area contributed by atoms with Gasteiger partial charge in [0.1, 0.15) is 0 Å². The number of carbonyl (C=O) groups excluding carboxylic acids is 1. The topological polar surface area (TPSA) is 104 Å². The first-order valence-electron chi connectivity index (χ1n) is 7.18. The molecule has 6 heteroatoms. The fraction of sp³-hybridized carbons (Fsp3) is 0.500. The molecular formula is C16H22O6. The molecule has 0 aromatic heterocycles. The summed E-state index contributed by atoms with van der Waals surface area (Å²) >= 11 is 0. The molecule has 0 aliphatic heterocycles. The molecule has 22 heavy (non-hydrogen) atoms. The van der Waals surface area contributed by atoms with Crippen LogP contribution in [0.5, 0.6) is 0 Å². The Morgan fingerprint density at radius 3 is 2.18 bits per heavy atom. The van der Waals surface area contributed by atoms with E-state index in [1.54, 1.807) is 19.9 Å². The maximum absolute atomic E-state index is 12.0. The number of hydrogen-bond donors (Lipinski definition) is 3. The minimum atomic E-state index is -1.20. The summed E-state index contributed by atoms with van der Waals surface area (Å²) in [5.74, 6) is -2.25. The molecule has 0 bridgehead atoms. The molecule has 3 N–H and O–H groups in total. The molecule has 1 aromatic carbocycles. The Hall–Kier alpha value is -1.92. The van der Waals surface area contributed by atoms with E-state index in [9.17, 15) is 19.8 Å². The van der Waals surface area contributed by atoms with E-state index in [1.165, 1.54) is 18.2 Å². The van der Waals surface area contributed by atoms with E-state index in [1.807, 2.05) is 0 Å². The highest BCUT2D eigenvalue weighted by Gasteiger charge is 2.21. The van der Waals surface area contributed by atoms with Crippen LogP contribution in [0.4, 0.5) is 0 Å². The summed E-state index contributed by atoms with van der Waals surface area (Å²) in [7, 11) is 0. The van der Waals surface area contributed by atoms with Crippen molar-refractivity contribution in [1.29, 1.82) is 0 Å². The highest BCUT2D eigenvalue weighted by atomic mass is 16.5. The number of aromatic carboxylic acids is 1. The lowest BCUT2D eigenvalue weighted by Gasteiger charge is -2.20. The van der Waals surface area contributed by atoms with Crippen LogP contribution >= 0.6 is 0 Å². The second-order valence-corrected chi connectivity index (χ2v) is 5.38. The van der Waals surface area contributed by atoms with Crippen molar-refractivity contribution in [2.24, 2.45) is 5.92 Å². The van der Waals surface area contributed by atoms with Gasteiger partial charge in [0, 0.05) is 5.92 Å². The molecule has 1 rings (SSSR count). The number of aliphatic hydroxyl groups excluding tert-OH is 2. The van der Waals surface area contributed by atoms with Gasteiger partial charge in [0.05, 0.1) is 29.9 Å². The predicted octanol–water partition coefficient (Wildman–Crippen LogP) is 1.70. The van der Waals surface area contributed by atoms with Crippen molar-refractivity contribution in [3.63, 3.8) is 0 Å². The van der Waals surface area contributed by atoms with Crippen LogP contribution in [-0.2, 0) is 4.74 Å². The van der Waals surface area contributed by atoms with Crippen molar-refractivity contribution >= 4 is 11.9 Å². The van der Waals surface area contributed by atoms with Crippen LogP contribution in [0.3, 0.4) is 0 Å². The van der Waals surface area contributed by atoms with Crippen LogP contribution in [-0.4, -0.2) is 46.1 Å². The first-order chi connectivity index (χ1) is 10.3. The van der Waals surface area contributed by atoms with Gasteiger partial charge in [-0.3, -0.25) is 0 Å². The summed E-state index contributed by atoms with van der Waals surface area (Å²) in [5, 5.41) is 28.0. The fourth-order valence-corrected chi connectivity index (χ4v) is 2.03. The Labute approximate surface area is 129 Å². The Morgan fingerprint density at radius 2 is 1.68 bits per heavy atom. The van der Waals surface area contributed by atoms with Gasteiger partial charge in [-0.25, -0.2) is 9.59 Å². The van der Waals surface area contributed by atoms with E-state index >= 15 is 0 Å². The number of rotatable bonds is 8. The van der Waals surface area contributed by atoms with Crippen molar-refractivity contribution < 1.29 is 29.6 Å². The smallest absolute Gasteiger partial charge is 0.339 e. The molecule has 3 atom stereocenters. The third-order valence-corrected chi connectivity index (χ3v) is 3.44. The van der Waals surface area contributed by atoms with E-state index in [4.69, 9.17) is 9.84 Å². The average Bonchev–Trinajstić information content (AvgIpc) is 2.46. The normalized spacial score (nSPS) is 14.9. The molecule has 0 aliphatic carbocycles. The maximum Gasteiger partial charge on any atom is 0.339 e. The van der Waals surface area contributed by atoms with Gasteiger partial charge in [0.2, 0.25) is 0 Å². The summed E-state index contributed by atoms with van der Waals surface area (Å²) in [6.45, 7) is 3.21. The van der Waals surface area contributed by atoms with Crippen molar-refractivity contribution in [1.82, 2.24) is 0 Å². The van der Waals surface area contributed by atoms with Gasteiger partial charge in [-0.1, -0.05) is 12.1 Å². The number of carboxylic acid groups (broad SMARTS) is 1. The van der Waals surface area contributed by atoms with Crippen LogP contribution < -0.4 is 0 Å². The molecule has 0 saturated carbocycles. The summed E-state index contributed by atoms with van der Waals surface area (Å²) in [4.78, 5) is 23.1. The average molecular weight is 310 g/mol. The van der Waals surface area contributed by atoms with Gasteiger partial charge in [-0.15, -0.1) is 0 Å². The first-order valence-corrected chi connectivity index (χ1v) is 7.18. The summed E-state index contributed by atoms with van der Waals surface area (Å²) < 4.78 is 5.13. The van der Waals surface area contributed by atoms with E-state index in [0.717, 1.165) is 0 Å². The monoisotopic (exact) mass is 310 g/mol. The van der Waals surface area contributed by atoms with Gasteiger partial charge >= 0.3 is 11.9 Å². The van der Waals surface area contributed by atoms with Crippen molar-refractivity contribution in [3.05, 3.63) is 35.4 Å². The van der Waals surface area contributed by atoms with Crippen LogP contribution in [0.15, 0.2) is 24.3 Å². The molecule has 0 saturated heterocycles.